The van der Waals surface area contributed by atoms with Crippen LogP contribution in [0.3, 0.4) is 0 Å². The quantitative estimate of drug-likeness (QED) is 0.720. The third-order valence-electron chi connectivity index (χ3n) is 3.92. The molecule has 3 aromatic heterocycles. The zero-order valence-corrected chi connectivity index (χ0v) is 14.3. The number of fused-ring (bicyclic) bond motifs is 1. The fraction of sp³-hybridized carbons (Fsp3) is 0.333. The number of piperazine rings is 1. The van der Waals surface area contributed by atoms with Gasteiger partial charge in [-0.25, -0.2) is 9.97 Å². The van der Waals surface area contributed by atoms with Crippen LogP contribution < -0.4 is 4.90 Å². The summed E-state index contributed by atoms with van der Waals surface area (Å²) in [6.45, 7) is 5.08. The number of rotatable bonds is 3. The predicted molar refractivity (Wildman–Crippen MR) is 94.2 cm³/mol. The molecule has 1 saturated heterocycles. The Labute approximate surface area is 142 Å². The molecule has 4 nitrogen and oxygen atoms in total. The summed E-state index contributed by atoms with van der Waals surface area (Å²) in [4.78, 5) is 16.1. The van der Waals surface area contributed by atoms with Crippen molar-refractivity contribution in [1.82, 2.24) is 14.9 Å². The van der Waals surface area contributed by atoms with Crippen LogP contribution >= 0.6 is 34.3 Å². The van der Waals surface area contributed by atoms with E-state index in [0.717, 1.165) is 47.7 Å². The van der Waals surface area contributed by atoms with Crippen LogP contribution in [-0.2, 0) is 6.54 Å². The molecule has 0 unspecified atom stereocenters. The summed E-state index contributed by atoms with van der Waals surface area (Å²) in [7, 11) is 0. The second-order valence-electron chi connectivity index (χ2n) is 5.31. The minimum absolute atomic E-state index is 0.870. The first-order valence-corrected chi connectivity index (χ1v) is 9.27. The van der Waals surface area contributed by atoms with E-state index in [2.05, 4.69) is 37.3 Å². The second kappa shape index (κ2) is 6.12. The van der Waals surface area contributed by atoms with Gasteiger partial charge in [0.25, 0.3) is 0 Å². The van der Waals surface area contributed by atoms with Gasteiger partial charge in [-0.05, 0) is 23.6 Å². The Morgan fingerprint density at radius 2 is 1.95 bits per heavy atom. The topological polar surface area (TPSA) is 32.3 Å². The predicted octanol–water partition coefficient (Wildman–Crippen LogP) is 3.73. The molecule has 22 heavy (non-hydrogen) atoms. The largest absolute Gasteiger partial charge is 0.353 e. The fourth-order valence-corrected chi connectivity index (χ4v) is 4.66. The molecule has 3 aromatic rings. The van der Waals surface area contributed by atoms with E-state index in [-0.39, 0.29) is 0 Å². The van der Waals surface area contributed by atoms with Gasteiger partial charge in [-0.2, -0.15) is 0 Å². The van der Waals surface area contributed by atoms with Crippen LogP contribution in [0.5, 0.6) is 0 Å². The molecule has 0 radical (unpaired) electrons. The molecule has 0 bridgehead atoms. The van der Waals surface area contributed by atoms with Gasteiger partial charge in [0.15, 0.2) is 0 Å². The lowest BCUT2D eigenvalue weighted by molar-refractivity contribution is 0.251. The molecule has 0 saturated carbocycles. The van der Waals surface area contributed by atoms with Gasteiger partial charge in [0.05, 0.1) is 9.72 Å². The van der Waals surface area contributed by atoms with Crippen molar-refractivity contribution in [3.8, 4) is 0 Å². The number of anilines is 1. The van der Waals surface area contributed by atoms with Crippen molar-refractivity contribution in [3.05, 3.63) is 39.1 Å². The molecule has 0 atom stereocenters. The van der Waals surface area contributed by atoms with Crippen LogP contribution in [0.1, 0.15) is 4.88 Å². The number of halogens is 1. The Hall–Kier alpha value is -1.21. The van der Waals surface area contributed by atoms with Gasteiger partial charge in [0, 0.05) is 37.6 Å². The van der Waals surface area contributed by atoms with E-state index in [1.807, 2.05) is 6.07 Å². The summed E-state index contributed by atoms with van der Waals surface area (Å²) < 4.78 is 0.870. The highest BCUT2D eigenvalue weighted by Crippen LogP contribution is 2.28. The third kappa shape index (κ3) is 2.84. The van der Waals surface area contributed by atoms with Crippen molar-refractivity contribution < 1.29 is 0 Å². The summed E-state index contributed by atoms with van der Waals surface area (Å²) in [5, 5.41) is 3.26. The SMILES string of the molecule is Clc1ccc(CN2CCN(c3ncnc4sccc34)CC2)s1. The van der Waals surface area contributed by atoms with Gasteiger partial charge in [-0.1, -0.05) is 11.6 Å². The number of hydrogen-bond donors (Lipinski definition) is 0. The Kier molecular flexibility index (Phi) is 4.00. The first-order valence-electron chi connectivity index (χ1n) is 7.19. The van der Waals surface area contributed by atoms with Crippen LogP contribution in [-0.4, -0.2) is 41.0 Å². The van der Waals surface area contributed by atoms with Gasteiger partial charge in [-0.3, -0.25) is 4.90 Å². The molecule has 0 aromatic carbocycles. The zero-order valence-electron chi connectivity index (χ0n) is 11.9. The lowest BCUT2D eigenvalue weighted by Gasteiger charge is -2.35. The van der Waals surface area contributed by atoms with E-state index in [0.29, 0.717) is 0 Å². The zero-order chi connectivity index (χ0) is 14.9. The van der Waals surface area contributed by atoms with Crippen molar-refractivity contribution in [1.29, 1.82) is 0 Å². The van der Waals surface area contributed by atoms with Crippen LogP contribution in [0.25, 0.3) is 10.2 Å². The first kappa shape index (κ1) is 14.4. The second-order valence-corrected chi connectivity index (χ2v) is 8.00. The summed E-state index contributed by atoms with van der Waals surface area (Å²) in [5.41, 5.74) is 0. The highest BCUT2D eigenvalue weighted by Gasteiger charge is 2.20. The Morgan fingerprint density at radius 1 is 1.09 bits per heavy atom. The van der Waals surface area contributed by atoms with Crippen LogP contribution in [0.4, 0.5) is 5.82 Å². The molecule has 0 aliphatic carbocycles. The molecule has 1 fully saturated rings. The van der Waals surface area contributed by atoms with Crippen LogP contribution in [0, 0.1) is 0 Å². The fourth-order valence-electron chi connectivity index (χ4n) is 2.80. The van der Waals surface area contributed by atoms with Gasteiger partial charge in [0.2, 0.25) is 0 Å². The van der Waals surface area contributed by atoms with Gasteiger partial charge in [-0.15, -0.1) is 22.7 Å². The standard InChI is InChI=1S/C15H15ClN4S2/c16-13-2-1-11(22-13)9-19-4-6-20(7-5-19)14-12-3-8-21-15(12)18-10-17-14/h1-3,8,10H,4-7,9H2. The lowest BCUT2D eigenvalue weighted by atomic mass is 10.2. The van der Waals surface area contributed by atoms with E-state index in [1.165, 1.54) is 10.3 Å². The molecule has 1 aliphatic heterocycles. The normalized spacial score (nSPS) is 16.5. The lowest BCUT2D eigenvalue weighted by Crippen LogP contribution is -2.46. The Bertz CT molecular complexity index is 777. The number of aromatic nitrogens is 2. The monoisotopic (exact) mass is 350 g/mol. The summed E-state index contributed by atoms with van der Waals surface area (Å²) in [6, 6.07) is 6.22. The van der Waals surface area contributed by atoms with Crippen molar-refractivity contribution >= 4 is 50.3 Å². The average Bonchev–Trinajstić information content (AvgIpc) is 3.16. The smallest absolute Gasteiger partial charge is 0.140 e. The average molecular weight is 351 g/mol. The molecule has 0 amide bonds. The molecule has 4 rings (SSSR count). The molecule has 0 spiro atoms. The molecule has 0 N–H and O–H groups in total. The number of thiophene rings is 2. The van der Waals surface area contributed by atoms with E-state index in [1.54, 1.807) is 29.0 Å². The highest BCUT2D eigenvalue weighted by atomic mass is 35.5. The van der Waals surface area contributed by atoms with Crippen LogP contribution in [0.2, 0.25) is 4.34 Å². The minimum Gasteiger partial charge on any atom is -0.353 e. The summed E-state index contributed by atoms with van der Waals surface area (Å²) >= 11 is 9.35. The third-order valence-corrected chi connectivity index (χ3v) is 5.96. The van der Waals surface area contributed by atoms with Gasteiger partial charge >= 0.3 is 0 Å². The van der Waals surface area contributed by atoms with Crippen LogP contribution in [0.15, 0.2) is 29.9 Å². The number of hydrogen-bond acceptors (Lipinski definition) is 6. The van der Waals surface area contributed by atoms with Gasteiger partial charge < -0.3 is 4.90 Å². The maximum absolute atomic E-state index is 6.00. The van der Waals surface area contributed by atoms with Crippen molar-refractivity contribution in [2.24, 2.45) is 0 Å². The van der Waals surface area contributed by atoms with E-state index >= 15 is 0 Å². The first-order chi connectivity index (χ1) is 10.8. The Morgan fingerprint density at radius 3 is 2.73 bits per heavy atom. The molecular formula is C15H15ClN4S2. The van der Waals surface area contributed by atoms with Crippen molar-refractivity contribution in [2.45, 2.75) is 6.54 Å². The van der Waals surface area contributed by atoms with E-state index < -0.39 is 0 Å². The molecule has 7 heteroatoms. The van der Waals surface area contributed by atoms with Gasteiger partial charge in [0.1, 0.15) is 17.0 Å². The molecule has 4 heterocycles. The minimum atomic E-state index is 0.870. The van der Waals surface area contributed by atoms with E-state index in [9.17, 15) is 0 Å². The van der Waals surface area contributed by atoms with Crippen molar-refractivity contribution in [2.75, 3.05) is 31.1 Å². The highest BCUT2D eigenvalue weighted by molar-refractivity contribution is 7.16. The molecule has 1 aliphatic rings. The molecular weight excluding hydrogens is 336 g/mol. The Balaban J connectivity index is 1.44. The van der Waals surface area contributed by atoms with E-state index in [4.69, 9.17) is 11.6 Å². The number of nitrogens with zero attached hydrogens (tertiary/aromatic N) is 4. The maximum atomic E-state index is 6.00. The summed E-state index contributed by atoms with van der Waals surface area (Å²) in [5.74, 6) is 1.07. The van der Waals surface area contributed by atoms with Crippen molar-refractivity contribution in [3.63, 3.8) is 0 Å². The summed E-state index contributed by atoms with van der Waals surface area (Å²) in [6.07, 6.45) is 1.67. The molecule has 114 valence electrons. The maximum Gasteiger partial charge on any atom is 0.140 e.